The van der Waals surface area contributed by atoms with Crippen molar-refractivity contribution < 1.29 is 14.3 Å². The molecule has 1 spiro atoms. The van der Waals surface area contributed by atoms with Crippen molar-refractivity contribution in [3.8, 4) is 11.8 Å². The largest absolute Gasteiger partial charge is 0.497 e. The van der Waals surface area contributed by atoms with Crippen molar-refractivity contribution in [2.24, 2.45) is 5.41 Å². The summed E-state index contributed by atoms with van der Waals surface area (Å²) in [6.07, 6.45) is 6.60. The van der Waals surface area contributed by atoms with Crippen LogP contribution in [0.2, 0.25) is 0 Å². The summed E-state index contributed by atoms with van der Waals surface area (Å²) in [5.74, 6) is 0.508. The number of anilines is 1. The Labute approximate surface area is 170 Å². The average molecular weight is 391 g/mol. The van der Waals surface area contributed by atoms with Crippen LogP contribution in [0.5, 0.6) is 5.75 Å². The summed E-state index contributed by atoms with van der Waals surface area (Å²) in [7, 11) is 3.10. The maximum atomic E-state index is 12.9. The van der Waals surface area contributed by atoms with Crippen LogP contribution in [-0.4, -0.2) is 43.7 Å². The number of esters is 1. The van der Waals surface area contributed by atoms with Crippen LogP contribution in [-0.2, 0) is 14.9 Å². The predicted molar refractivity (Wildman–Crippen MR) is 108 cm³/mol. The number of nitrogens with one attached hydrogen (secondary N) is 1. The van der Waals surface area contributed by atoms with Crippen LogP contribution >= 0.6 is 0 Å². The number of rotatable bonds is 3. The minimum Gasteiger partial charge on any atom is -0.497 e. The molecule has 4 atom stereocenters. The third kappa shape index (κ3) is 2.11. The third-order valence-electron chi connectivity index (χ3n) is 7.52. The first-order chi connectivity index (χ1) is 14.0. The lowest BCUT2D eigenvalue weighted by atomic mass is 9.55. The van der Waals surface area contributed by atoms with E-state index in [0.717, 1.165) is 42.1 Å². The van der Waals surface area contributed by atoms with Gasteiger partial charge in [-0.1, -0.05) is 25.1 Å². The molecule has 1 N–H and O–H groups in total. The van der Waals surface area contributed by atoms with Gasteiger partial charge in [0.15, 0.2) is 0 Å². The molecule has 1 saturated heterocycles. The zero-order valence-corrected chi connectivity index (χ0v) is 17.0. The van der Waals surface area contributed by atoms with E-state index in [-0.39, 0.29) is 28.9 Å². The monoisotopic (exact) mass is 391 g/mol. The number of methoxy groups -OCH3 is 2. The first-order valence-electron chi connectivity index (χ1n) is 10.2. The topological polar surface area (TPSA) is 74.6 Å². The Hall–Kier alpha value is -2.78. The minimum absolute atomic E-state index is 0.125. The zero-order chi connectivity index (χ0) is 20.4. The molecule has 1 aromatic carbocycles. The van der Waals surface area contributed by atoms with Crippen molar-refractivity contribution in [1.82, 2.24) is 4.90 Å². The Bertz CT molecular complexity index is 1010. The Morgan fingerprint density at radius 2 is 2.24 bits per heavy atom. The van der Waals surface area contributed by atoms with E-state index in [1.165, 1.54) is 12.7 Å². The van der Waals surface area contributed by atoms with Gasteiger partial charge in [0.05, 0.1) is 31.3 Å². The summed E-state index contributed by atoms with van der Waals surface area (Å²) < 4.78 is 10.6. The van der Waals surface area contributed by atoms with E-state index in [1.54, 1.807) is 7.11 Å². The summed E-state index contributed by atoms with van der Waals surface area (Å²) in [6, 6.07) is 8.46. The molecule has 0 saturated carbocycles. The van der Waals surface area contributed by atoms with Gasteiger partial charge < -0.3 is 14.8 Å². The molecule has 3 heterocycles. The number of carbonyl (C=O) groups excluding carboxylic acids is 1. The lowest BCUT2D eigenvalue weighted by Crippen LogP contribution is -2.60. The van der Waals surface area contributed by atoms with E-state index in [4.69, 9.17) is 9.47 Å². The highest BCUT2D eigenvalue weighted by molar-refractivity contribution is 5.93. The van der Waals surface area contributed by atoms with Gasteiger partial charge in [-0.2, -0.15) is 5.26 Å². The van der Waals surface area contributed by atoms with Crippen LogP contribution in [0.15, 0.2) is 41.6 Å². The van der Waals surface area contributed by atoms with Crippen molar-refractivity contribution in [1.29, 1.82) is 5.26 Å². The molecule has 0 aromatic heterocycles. The molecule has 5 rings (SSSR count). The molecule has 1 aliphatic carbocycles. The summed E-state index contributed by atoms with van der Waals surface area (Å²) in [6.45, 7) is 3.00. The normalized spacial score (nSPS) is 34.0. The lowest BCUT2D eigenvalue weighted by Gasteiger charge is -2.54. The molecule has 150 valence electrons. The second kappa shape index (κ2) is 6.11. The molecule has 1 aromatic rings. The van der Waals surface area contributed by atoms with E-state index in [9.17, 15) is 10.1 Å². The Morgan fingerprint density at radius 1 is 1.41 bits per heavy atom. The van der Waals surface area contributed by atoms with Crippen molar-refractivity contribution in [2.45, 2.75) is 43.7 Å². The minimum atomic E-state index is -0.348. The van der Waals surface area contributed by atoms with Gasteiger partial charge in [-0.15, -0.1) is 0 Å². The highest BCUT2D eigenvalue weighted by Gasteiger charge is 2.66. The third-order valence-corrected chi connectivity index (χ3v) is 7.52. The number of ether oxygens (including phenoxy) is 2. The van der Waals surface area contributed by atoms with Crippen LogP contribution in [0.4, 0.5) is 5.69 Å². The highest BCUT2D eigenvalue weighted by Crippen LogP contribution is 2.65. The van der Waals surface area contributed by atoms with E-state index >= 15 is 0 Å². The highest BCUT2D eigenvalue weighted by atomic mass is 16.5. The Kier molecular flexibility index (Phi) is 3.85. The number of benzene rings is 1. The van der Waals surface area contributed by atoms with E-state index in [1.807, 2.05) is 18.2 Å². The van der Waals surface area contributed by atoms with E-state index in [0.29, 0.717) is 6.42 Å². The van der Waals surface area contributed by atoms with Crippen molar-refractivity contribution >= 4 is 11.7 Å². The smallest absolute Gasteiger partial charge is 0.335 e. The average Bonchev–Trinajstić information content (AvgIpc) is 3.32. The first-order valence-corrected chi connectivity index (χ1v) is 10.2. The molecule has 6 heteroatoms. The molecule has 29 heavy (non-hydrogen) atoms. The quantitative estimate of drug-likeness (QED) is 0.630. The standard InChI is InChI=1S/C23H25N3O3/c1-4-22-8-7-14(13-24)26-10-9-23(21(22)26)17-6-5-15(28-2)11-18(17)25-19(23)16(12-22)20(27)29-3/h5-8,11,14,21,25H,4,9-10,12H2,1-3H3/t14-,21-,22-,23-/m0/s1. The number of hydrogen-bond acceptors (Lipinski definition) is 6. The van der Waals surface area contributed by atoms with Gasteiger partial charge in [-0.05, 0) is 30.9 Å². The molecule has 0 radical (unpaired) electrons. The summed E-state index contributed by atoms with van der Waals surface area (Å²) >= 11 is 0. The predicted octanol–water partition coefficient (Wildman–Crippen LogP) is 3.12. The van der Waals surface area contributed by atoms with E-state index in [2.05, 4.69) is 35.4 Å². The van der Waals surface area contributed by atoms with Crippen molar-refractivity contribution in [3.05, 3.63) is 47.2 Å². The van der Waals surface area contributed by atoms with Gasteiger partial charge in [0.1, 0.15) is 11.8 Å². The van der Waals surface area contributed by atoms with Crippen LogP contribution in [0, 0.1) is 16.7 Å². The van der Waals surface area contributed by atoms with Crippen LogP contribution in [0.25, 0.3) is 0 Å². The Morgan fingerprint density at radius 3 is 2.93 bits per heavy atom. The maximum absolute atomic E-state index is 12.9. The SMILES string of the molecule is CC[C@]12C=C[C@@H](C#N)N3CC[C@]4(C(=C(C(=O)OC)C1)Nc1cc(OC)ccc14)[C@@H]32. The van der Waals surface area contributed by atoms with Crippen molar-refractivity contribution in [3.63, 3.8) is 0 Å². The maximum Gasteiger partial charge on any atom is 0.335 e. The number of nitrogens with zero attached hydrogens (tertiary/aromatic N) is 2. The second-order valence-electron chi connectivity index (χ2n) is 8.44. The summed E-state index contributed by atoms with van der Waals surface area (Å²) in [5, 5.41) is 13.3. The van der Waals surface area contributed by atoms with Crippen LogP contribution in [0.1, 0.15) is 31.7 Å². The lowest BCUT2D eigenvalue weighted by molar-refractivity contribution is -0.137. The molecular formula is C23H25N3O3. The molecule has 0 bridgehead atoms. The number of hydrogen-bond donors (Lipinski definition) is 1. The first kappa shape index (κ1) is 18.3. The molecule has 3 aliphatic heterocycles. The van der Waals surface area contributed by atoms with Gasteiger partial charge in [0.25, 0.3) is 0 Å². The molecule has 0 amide bonds. The van der Waals surface area contributed by atoms with E-state index < -0.39 is 0 Å². The van der Waals surface area contributed by atoms with Gasteiger partial charge in [-0.3, -0.25) is 4.90 Å². The molecule has 6 nitrogen and oxygen atoms in total. The molecule has 0 unspecified atom stereocenters. The fraction of sp³-hybridized carbons (Fsp3) is 0.478. The van der Waals surface area contributed by atoms with Crippen LogP contribution in [0.3, 0.4) is 0 Å². The number of nitriles is 1. The molecule has 4 aliphatic rings. The van der Waals surface area contributed by atoms with Crippen LogP contribution < -0.4 is 10.1 Å². The Balaban J connectivity index is 1.81. The summed E-state index contributed by atoms with van der Waals surface area (Å²) in [4.78, 5) is 15.2. The van der Waals surface area contributed by atoms with Gasteiger partial charge in [0, 0.05) is 35.5 Å². The van der Waals surface area contributed by atoms with Gasteiger partial charge >= 0.3 is 5.97 Å². The molecular weight excluding hydrogens is 366 g/mol. The van der Waals surface area contributed by atoms with Gasteiger partial charge in [-0.25, -0.2) is 4.79 Å². The fourth-order valence-electron chi connectivity index (χ4n) is 6.30. The van der Waals surface area contributed by atoms with Crippen molar-refractivity contribution in [2.75, 3.05) is 26.1 Å². The van der Waals surface area contributed by atoms with Gasteiger partial charge in [0.2, 0.25) is 0 Å². The number of fused-ring (bicyclic) bond motifs is 1. The summed E-state index contributed by atoms with van der Waals surface area (Å²) in [5.41, 5.74) is 3.29. The molecule has 1 fully saturated rings. The second-order valence-corrected chi connectivity index (χ2v) is 8.44. The zero-order valence-electron chi connectivity index (χ0n) is 17.0. The number of carbonyl (C=O) groups is 1. The fourth-order valence-corrected chi connectivity index (χ4v) is 6.30.